The summed E-state index contributed by atoms with van der Waals surface area (Å²) >= 11 is 0. The molecule has 1 fully saturated rings. The average Bonchev–Trinajstić information content (AvgIpc) is 2.90. The molecular weight excluding hydrogens is 230 g/mol. The molecule has 1 aromatic rings. The Kier molecular flexibility index (Phi) is 4.60. The van der Waals surface area contributed by atoms with E-state index in [-0.39, 0.29) is 6.04 Å². The Morgan fingerprint density at radius 3 is 3.17 bits per heavy atom. The lowest BCUT2D eigenvalue weighted by Crippen LogP contribution is -2.24. The van der Waals surface area contributed by atoms with Crippen LogP contribution in [0.2, 0.25) is 0 Å². The fraction of sp³-hybridized carbons (Fsp3) is 0.769. The van der Waals surface area contributed by atoms with Crippen molar-refractivity contribution in [2.45, 2.75) is 32.9 Å². The van der Waals surface area contributed by atoms with Crippen molar-refractivity contribution in [1.82, 2.24) is 9.55 Å². The van der Waals surface area contributed by atoms with E-state index in [0.29, 0.717) is 12.5 Å². The standard InChI is InChI=1S/C13H23N3O2/c1-10-6-16(7-12-4-5-18-9-12)13(14-10)15-11(2)8-17-3/h6,11-12H,4-5,7-9H2,1-3H3,(H,14,15). The molecule has 0 spiro atoms. The first-order valence-corrected chi connectivity index (χ1v) is 6.56. The summed E-state index contributed by atoms with van der Waals surface area (Å²) in [6.45, 7) is 7.52. The van der Waals surface area contributed by atoms with Crippen LogP contribution >= 0.6 is 0 Å². The molecule has 1 aliphatic heterocycles. The summed E-state index contributed by atoms with van der Waals surface area (Å²) in [6.07, 6.45) is 3.24. The van der Waals surface area contributed by atoms with Gasteiger partial charge in [-0.2, -0.15) is 0 Å². The first kappa shape index (κ1) is 13.4. The van der Waals surface area contributed by atoms with Gasteiger partial charge in [0.15, 0.2) is 0 Å². The second-order valence-electron chi connectivity index (χ2n) is 5.09. The average molecular weight is 253 g/mol. The van der Waals surface area contributed by atoms with Crippen LogP contribution in [-0.2, 0) is 16.0 Å². The lowest BCUT2D eigenvalue weighted by atomic mass is 10.1. The van der Waals surface area contributed by atoms with E-state index < -0.39 is 0 Å². The molecule has 0 bridgehead atoms. The number of ether oxygens (including phenoxy) is 2. The first-order valence-electron chi connectivity index (χ1n) is 6.56. The maximum atomic E-state index is 5.42. The van der Waals surface area contributed by atoms with Crippen LogP contribution in [0.3, 0.4) is 0 Å². The third kappa shape index (κ3) is 3.46. The van der Waals surface area contributed by atoms with Gasteiger partial charge in [-0.25, -0.2) is 4.98 Å². The van der Waals surface area contributed by atoms with E-state index in [4.69, 9.17) is 9.47 Å². The quantitative estimate of drug-likeness (QED) is 0.838. The molecule has 18 heavy (non-hydrogen) atoms. The SMILES string of the molecule is COCC(C)Nc1nc(C)cn1CC1CCOC1. The van der Waals surface area contributed by atoms with Crippen molar-refractivity contribution in [3.8, 4) is 0 Å². The molecule has 0 radical (unpaired) electrons. The molecule has 0 aromatic carbocycles. The molecule has 0 saturated carbocycles. The Hall–Kier alpha value is -1.07. The third-order valence-corrected chi connectivity index (χ3v) is 3.17. The van der Waals surface area contributed by atoms with Crippen molar-refractivity contribution in [1.29, 1.82) is 0 Å². The van der Waals surface area contributed by atoms with Crippen LogP contribution in [0.25, 0.3) is 0 Å². The molecule has 0 aliphatic carbocycles. The molecule has 5 nitrogen and oxygen atoms in total. The zero-order valence-electron chi connectivity index (χ0n) is 11.5. The van der Waals surface area contributed by atoms with Crippen molar-refractivity contribution in [3.05, 3.63) is 11.9 Å². The van der Waals surface area contributed by atoms with E-state index in [1.807, 2.05) is 6.92 Å². The molecule has 1 saturated heterocycles. The van der Waals surface area contributed by atoms with Crippen molar-refractivity contribution in [3.63, 3.8) is 0 Å². The molecule has 1 N–H and O–H groups in total. The van der Waals surface area contributed by atoms with Crippen LogP contribution in [0.15, 0.2) is 6.20 Å². The van der Waals surface area contributed by atoms with Gasteiger partial charge in [0.25, 0.3) is 0 Å². The maximum absolute atomic E-state index is 5.42. The van der Waals surface area contributed by atoms with E-state index in [2.05, 4.69) is 28.0 Å². The molecule has 2 atom stereocenters. The van der Waals surface area contributed by atoms with E-state index >= 15 is 0 Å². The number of imidazole rings is 1. The van der Waals surface area contributed by atoms with Gasteiger partial charge >= 0.3 is 0 Å². The molecule has 2 heterocycles. The number of hydrogen-bond donors (Lipinski definition) is 1. The van der Waals surface area contributed by atoms with Gasteiger partial charge in [0.2, 0.25) is 5.95 Å². The molecule has 102 valence electrons. The fourth-order valence-electron chi connectivity index (χ4n) is 2.32. The van der Waals surface area contributed by atoms with E-state index in [9.17, 15) is 0 Å². The number of hydrogen-bond acceptors (Lipinski definition) is 4. The third-order valence-electron chi connectivity index (χ3n) is 3.17. The number of aromatic nitrogens is 2. The Morgan fingerprint density at radius 2 is 2.50 bits per heavy atom. The Balaban J connectivity index is 1.99. The lowest BCUT2D eigenvalue weighted by molar-refractivity contribution is 0.182. The summed E-state index contributed by atoms with van der Waals surface area (Å²) in [4.78, 5) is 4.53. The highest BCUT2D eigenvalue weighted by atomic mass is 16.5. The highest BCUT2D eigenvalue weighted by Crippen LogP contribution is 2.18. The minimum Gasteiger partial charge on any atom is -0.383 e. The summed E-state index contributed by atoms with van der Waals surface area (Å²) in [5.74, 6) is 1.54. The second kappa shape index (κ2) is 6.20. The molecule has 0 amide bonds. The number of nitrogens with zero attached hydrogens (tertiary/aromatic N) is 2. The predicted octanol–water partition coefficient (Wildman–Crippen LogP) is 1.67. The van der Waals surface area contributed by atoms with Gasteiger partial charge in [-0.1, -0.05) is 0 Å². The van der Waals surface area contributed by atoms with Crippen LogP contribution in [-0.4, -0.2) is 42.5 Å². The number of methoxy groups -OCH3 is 1. The number of rotatable bonds is 6. The van der Waals surface area contributed by atoms with E-state index in [0.717, 1.165) is 37.8 Å². The van der Waals surface area contributed by atoms with Gasteiger partial charge in [-0.05, 0) is 20.3 Å². The summed E-state index contributed by atoms with van der Waals surface area (Å²) in [6, 6.07) is 0.260. The van der Waals surface area contributed by atoms with Crippen molar-refractivity contribution in [2.24, 2.45) is 5.92 Å². The van der Waals surface area contributed by atoms with Gasteiger partial charge in [-0.3, -0.25) is 0 Å². The van der Waals surface area contributed by atoms with Crippen LogP contribution < -0.4 is 5.32 Å². The van der Waals surface area contributed by atoms with Gasteiger partial charge in [0, 0.05) is 38.4 Å². The monoisotopic (exact) mass is 253 g/mol. The van der Waals surface area contributed by atoms with Crippen LogP contribution in [0.5, 0.6) is 0 Å². The summed E-state index contributed by atoms with van der Waals surface area (Å²) < 4.78 is 12.8. The van der Waals surface area contributed by atoms with Crippen molar-refractivity contribution >= 4 is 5.95 Å². The first-order chi connectivity index (χ1) is 8.69. The summed E-state index contributed by atoms with van der Waals surface area (Å²) in [7, 11) is 1.71. The largest absolute Gasteiger partial charge is 0.383 e. The van der Waals surface area contributed by atoms with Crippen LogP contribution in [0.1, 0.15) is 19.0 Å². The number of aryl methyl sites for hydroxylation is 1. The highest BCUT2D eigenvalue weighted by Gasteiger charge is 2.18. The smallest absolute Gasteiger partial charge is 0.203 e. The number of nitrogens with one attached hydrogen (secondary N) is 1. The van der Waals surface area contributed by atoms with E-state index in [1.165, 1.54) is 0 Å². The molecule has 1 aromatic heterocycles. The highest BCUT2D eigenvalue weighted by molar-refractivity contribution is 5.30. The minimum atomic E-state index is 0.260. The van der Waals surface area contributed by atoms with Crippen molar-refractivity contribution < 1.29 is 9.47 Å². The predicted molar refractivity (Wildman–Crippen MR) is 70.9 cm³/mol. The van der Waals surface area contributed by atoms with Crippen LogP contribution in [0.4, 0.5) is 5.95 Å². The molecular formula is C13H23N3O2. The normalized spacial score (nSPS) is 21.2. The fourth-order valence-corrected chi connectivity index (χ4v) is 2.32. The Labute approximate surface area is 108 Å². The molecule has 1 aliphatic rings. The zero-order chi connectivity index (χ0) is 13.0. The summed E-state index contributed by atoms with van der Waals surface area (Å²) in [5.41, 5.74) is 1.04. The van der Waals surface area contributed by atoms with Crippen LogP contribution in [0, 0.1) is 12.8 Å². The minimum absolute atomic E-state index is 0.260. The zero-order valence-corrected chi connectivity index (χ0v) is 11.5. The maximum Gasteiger partial charge on any atom is 0.203 e. The second-order valence-corrected chi connectivity index (χ2v) is 5.09. The summed E-state index contributed by atoms with van der Waals surface area (Å²) in [5, 5.41) is 3.39. The molecule has 2 unspecified atom stereocenters. The Morgan fingerprint density at radius 1 is 1.67 bits per heavy atom. The van der Waals surface area contributed by atoms with E-state index in [1.54, 1.807) is 7.11 Å². The van der Waals surface area contributed by atoms with Gasteiger partial charge < -0.3 is 19.4 Å². The van der Waals surface area contributed by atoms with Gasteiger partial charge in [0.1, 0.15) is 0 Å². The lowest BCUT2D eigenvalue weighted by Gasteiger charge is -2.16. The van der Waals surface area contributed by atoms with Gasteiger partial charge in [-0.15, -0.1) is 0 Å². The molecule has 2 rings (SSSR count). The van der Waals surface area contributed by atoms with Gasteiger partial charge in [0.05, 0.1) is 18.9 Å². The topological polar surface area (TPSA) is 48.3 Å². The molecule has 5 heteroatoms. The Bertz CT molecular complexity index is 372. The van der Waals surface area contributed by atoms with Crippen molar-refractivity contribution in [2.75, 3.05) is 32.2 Å². The number of anilines is 1.